The lowest BCUT2D eigenvalue weighted by Crippen LogP contribution is -2.35. The first-order valence-corrected chi connectivity index (χ1v) is 9.13. The van der Waals surface area contributed by atoms with Gasteiger partial charge in [0.15, 0.2) is 0 Å². The van der Waals surface area contributed by atoms with Gasteiger partial charge in [0.1, 0.15) is 5.82 Å². The molecule has 0 saturated heterocycles. The number of hydrogen-bond acceptors (Lipinski definition) is 4. The molecule has 21 heavy (non-hydrogen) atoms. The van der Waals surface area contributed by atoms with Crippen LogP contribution < -0.4 is 4.72 Å². The average molecular weight is 313 g/mol. The van der Waals surface area contributed by atoms with Crippen LogP contribution in [0.5, 0.6) is 0 Å². The van der Waals surface area contributed by atoms with Crippen LogP contribution in [0.25, 0.3) is 0 Å². The van der Waals surface area contributed by atoms with Crippen molar-refractivity contribution in [2.45, 2.75) is 51.9 Å². The van der Waals surface area contributed by atoms with Crippen LogP contribution >= 0.6 is 0 Å². The summed E-state index contributed by atoms with van der Waals surface area (Å²) in [4.78, 5) is 18.9. The predicted molar refractivity (Wildman–Crippen MR) is 80.2 cm³/mol. The van der Waals surface area contributed by atoms with Crippen molar-refractivity contribution in [1.82, 2.24) is 14.7 Å². The Bertz CT molecular complexity index is 574. The quantitative estimate of drug-likeness (QED) is 0.835. The number of aromatic amines is 1. The number of carbonyl (C=O) groups is 1. The number of amides is 1. The van der Waals surface area contributed by atoms with Gasteiger partial charge in [0.2, 0.25) is 15.9 Å². The maximum atomic E-state index is 12.0. The molecule has 1 aliphatic rings. The van der Waals surface area contributed by atoms with E-state index in [9.17, 15) is 13.2 Å². The van der Waals surface area contributed by atoms with Crippen molar-refractivity contribution in [3.8, 4) is 0 Å². The van der Waals surface area contributed by atoms with E-state index < -0.39 is 15.9 Å². The number of sulfonamides is 1. The molecule has 118 valence electrons. The minimum absolute atomic E-state index is 0.0681. The molecule has 7 heteroatoms. The SMILES string of the molecule is Cc1cnc(CCC(=O)NS(=O)(=O)CC2CCCCC2)[nH]1. The van der Waals surface area contributed by atoms with Crippen molar-refractivity contribution >= 4 is 15.9 Å². The van der Waals surface area contributed by atoms with Crippen molar-refractivity contribution in [2.24, 2.45) is 5.92 Å². The molecule has 0 radical (unpaired) electrons. The Labute approximate surface area is 125 Å². The van der Waals surface area contributed by atoms with Crippen LogP contribution in [0.15, 0.2) is 6.20 Å². The number of imidazole rings is 1. The summed E-state index contributed by atoms with van der Waals surface area (Å²) in [5.74, 6) is 0.502. The lowest BCUT2D eigenvalue weighted by atomic mass is 9.91. The fourth-order valence-corrected chi connectivity index (χ4v) is 4.24. The van der Waals surface area contributed by atoms with Gasteiger partial charge in [-0.1, -0.05) is 19.3 Å². The molecule has 1 aromatic heterocycles. The second-order valence-electron chi connectivity index (χ2n) is 5.82. The molecule has 1 aromatic rings. The van der Waals surface area contributed by atoms with E-state index in [1.807, 2.05) is 6.92 Å². The van der Waals surface area contributed by atoms with Gasteiger partial charge in [-0.25, -0.2) is 13.4 Å². The van der Waals surface area contributed by atoms with Crippen molar-refractivity contribution < 1.29 is 13.2 Å². The summed E-state index contributed by atoms with van der Waals surface area (Å²) in [6.45, 7) is 1.88. The number of H-pyrrole nitrogens is 1. The largest absolute Gasteiger partial charge is 0.346 e. The van der Waals surface area contributed by atoms with Crippen molar-refractivity contribution in [3.05, 3.63) is 17.7 Å². The highest BCUT2D eigenvalue weighted by Gasteiger charge is 2.22. The van der Waals surface area contributed by atoms with Gasteiger partial charge < -0.3 is 4.98 Å². The van der Waals surface area contributed by atoms with Crippen LogP contribution in [0, 0.1) is 12.8 Å². The number of carbonyl (C=O) groups excluding carboxylic acids is 1. The number of aryl methyl sites for hydroxylation is 2. The minimum Gasteiger partial charge on any atom is -0.346 e. The second-order valence-corrected chi connectivity index (χ2v) is 7.59. The standard InChI is InChI=1S/C14H23N3O3S/c1-11-9-15-13(16-11)7-8-14(18)17-21(19,20)10-12-5-3-2-4-6-12/h9,12H,2-8,10H2,1H3,(H,15,16)(H,17,18). The van der Waals surface area contributed by atoms with Gasteiger partial charge in [0, 0.05) is 24.7 Å². The average Bonchev–Trinajstić information content (AvgIpc) is 2.82. The first kappa shape index (κ1) is 16.0. The third kappa shape index (κ3) is 5.49. The Morgan fingerprint density at radius 3 is 2.71 bits per heavy atom. The van der Waals surface area contributed by atoms with Crippen LogP contribution in [0.2, 0.25) is 0 Å². The molecular formula is C14H23N3O3S. The zero-order valence-electron chi connectivity index (χ0n) is 12.4. The molecule has 2 N–H and O–H groups in total. The van der Waals surface area contributed by atoms with Crippen molar-refractivity contribution in [1.29, 1.82) is 0 Å². The van der Waals surface area contributed by atoms with E-state index in [1.54, 1.807) is 6.20 Å². The first-order chi connectivity index (χ1) is 9.94. The molecule has 0 aromatic carbocycles. The maximum absolute atomic E-state index is 12.0. The number of nitrogens with one attached hydrogen (secondary N) is 2. The fourth-order valence-electron chi connectivity index (χ4n) is 2.76. The molecule has 0 aliphatic heterocycles. The highest BCUT2D eigenvalue weighted by atomic mass is 32.2. The molecule has 2 rings (SSSR count). The third-order valence-electron chi connectivity index (χ3n) is 3.79. The first-order valence-electron chi connectivity index (χ1n) is 7.48. The zero-order valence-corrected chi connectivity index (χ0v) is 13.2. The molecule has 1 aliphatic carbocycles. The number of aromatic nitrogens is 2. The van der Waals surface area contributed by atoms with Gasteiger partial charge in [-0.15, -0.1) is 0 Å². The summed E-state index contributed by atoms with van der Waals surface area (Å²) in [5.41, 5.74) is 0.926. The molecule has 1 heterocycles. The Morgan fingerprint density at radius 2 is 2.10 bits per heavy atom. The Morgan fingerprint density at radius 1 is 1.38 bits per heavy atom. The lowest BCUT2D eigenvalue weighted by molar-refractivity contribution is -0.119. The van der Waals surface area contributed by atoms with E-state index in [-0.39, 0.29) is 18.1 Å². The van der Waals surface area contributed by atoms with E-state index in [1.165, 1.54) is 6.42 Å². The fraction of sp³-hybridized carbons (Fsp3) is 0.714. The summed E-state index contributed by atoms with van der Waals surface area (Å²) >= 11 is 0. The molecule has 0 bridgehead atoms. The predicted octanol–water partition coefficient (Wildman–Crippen LogP) is 1.68. The molecule has 0 spiro atoms. The van der Waals surface area contributed by atoms with Gasteiger partial charge >= 0.3 is 0 Å². The minimum atomic E-state index is -3.51. The van der Waals surface area contributed by atoms with Crippen LogP contribution in [-0.4, -0.2) is 30.0 Å². The Hall–Kier alpha value is -1.37. The monoisotopic (exact) mass is 313 g/mol. The van der Waals surface area contributed by atoms with E-state index in [0.29, 0.717) is 12.2 Å². The van der Waals surface area contributed by atoms with Gasteiger partial charge in [-0.05, 0) is 25.7 Å². The zero-order chi connectivity index (χ0) is 15.3. The Balaban J connectivity index is 1.77. The smallest absolute Gasteiger partial charge is 0.235 e. The number of hydrogen-bond donors (Lipinski definition) is 2. The second kappa shape index (κ2) is 7.06. The van der Waals surface area contributed by atoms with E-state index in [4.69, 9.17) is 0 Å². The lowest BCUT2D eigenvalue weighted by Gasteiger charge is -2.21. The Kier molecular flexibility index (Phi) is 5.39. The maximum Gasteiger partial charge on any atom is 0.235 e. The summed E-state index contributed by atoms with van der Waals surface area (Å²) in [7, 11) is -3.51. The molecule has 0 atom stereocenters. The molecular weight excluding hydrogens is 290 g/mol. The number of nitrogens with zero attached hydrogens (tertiary/aromatic N) is 1. The van der Waals surface area contributed by atoms with Gasteiger partial charge in [-0.3, -0.25) is 9.52 Å². The van der Waals surface area contributed by atoms with Gasteiger partial charge in [-0.2, -0.15) is 0 Å². The van der Waals surface area contributed by atoms with Crippen LogP contribution in [0.3, 0.4) is 0 Å². The van der Waals surface area contributed by atoms with E-state index >= 15 is 0 Å². The third-order valence-corrected chi connectivity index (χ3v) is 5.24. The van der Waals surface area contributed by atoms with Gasteiger partial charge in [0.05, 0.1) is 5.75 Å². The molecule has 1 amide bonds. The topological polar surface area (TPSA) is 91.9 Å². The summed E-state index contributed by atoms with van der Waals surface area (Å²) in [6.07, 6.45) is 7.48. The normalized spacial score (nSPS) is 16.8. The van der Waals surface area contributed by atoms with Crippen molar-refractivity contribution in [2.75, 3.05) is 5.75 Å². The van der Waals surface area contributed by atoms with Crippen LogP contribution in [-0.2, 0) is 21.2 Å². The summed E-state index contributed by atoms with van der Waals surface area (Å²) < 4.78 is 26.1. The van der Waals surface area contributed by atoms with Gasteiger partial charge in [0.25, 0.3) is 0 Å². The van der Waals surface area contributed by atoms with E-state index in [0.717, 1.165) is 31.4 Å². The molecule has 0 unspecified atom stereocenters. The summed E-state index contributed by atoms with van der Waals surface area (Å²) in [6, 6.07) is 0. The molecule has 1 saturated carbocycles. The summed E-state index contributed by atoms with van der Waals surface area (Å²) in [5, 5.41) is 0. The number of rotatable bonds is 6. The van der Waals surface area contributed by atoms with Crippen LogP contribution in [0.1, 0.15) is 50.0 Å². The van der Waals surface area contributed by atoms with Crippen molar-refractivity contribution in [3.63, 3.8) is 0 Å². The van der Waals surface area contributed by atoms with Crippen LogP contribution in [0.4, 0.5) is 0 Å². The van der Waals surface area contributed by atoms with E-state index in [2.05, 4.69) is 14.7 Å². The molecule has 1 fully saturated rings. The molecule has 6 nitrogen and oxygen atoms in total. The highest BCUT2D eigenvalue weighted by molar-refractivity contribution is 7.90. The highest BCUT2D eigenvalue weighted by Crippen LogP contribution is 2.24.